The molecule has 0 amide bonds. The van der Waals surface area contributed by atoms with Crippen molar-refractivity contribution in [1.29, 1.82) is 0 Å². The van der Waals surface area contributed by atoms with Gasteiger partial charge in [0.05, 0.1) is 6.61 Å². The standard InChI is InChI=1S/C17H24N2O4/c1-19(2)9-8-13-12-18-14-6-5-7-15(16(13)14)23-17(21)22-11-4-3-10-20/h5-7,12,18,20H,3-4,8-11H2,1-2H3. The van der Waals surface area contributed by atoms with Crippen molar-refractivity contribution < 1.29 is 19.4 Å². The molecule has 6 heteroatoms. The van der Waals surface area contributed by atoms with E-state index in [4.69, 9.17) is 14.6 Å². The molecule has 0 saturated carbocycles. The summed E-state index contributed by atoms with van der Waals surface area (Å²) >= 11 is 0. The average molecular weight is 320 g/mol. The number of aliphatic hydroxyl groups is 1. The number of H-pyrrole nitrogens is 1. The number of nitrogens with one attached hydrogen (secondary N) is 1. The van der Waals surface area contributed by atoms with Gasteiger partial charge in [-0.05, 0) is 51.1 Å². The SMILES string of the molecule is CN(C)CCc1c[nH]c2cccc(OC(=O)OCCCCO)c12. The van der Waals surface area contributed by atoms with Gasteiger partial charge in [0.25, 0.3) is 0 Å². The number of aromatic amines is 1. The number of nitrogens with zero attached hydrogens (tertiary/aromatic N) is 1. The maximum atomic E-state index is 11.8. The summed E-state index contributed by atoms with van der Waals surface area (Å²) < 4.78 is 10.4. The van der Waals surface area contributed by atoms with E-state index < -0.39 is 6.16 Å². The van der Waals surface area contributed by atoms with Crippen LogP contribution in [-0.4, -0.2) is 55.0 Å². The van der Waals surface area contributed by atoms with Crippen molar-refractivity contribution >= 4 is 17.1 Å². The summed E-state index contributed by atoms with van der Waals surface area (Å²) in [5, 5.41) is 9.62. The molecule has 23 heavy (non-hydrogen) atoms. The first-order valence-electron chi connectivity index (χ1n) is 7.81. The molecule has 126 valence electrons. The topological polar surface area (TPSA) is 74.8 Å². The lowest BCUT2D eigenvalue weighted by Crippen LogP contribution is -2.15. The van der Waals surface area contributed by atoms with Gasteiger partial charge in [0.2, 0.25) is 0 Å². The third-order valence-electron chi connectivity index (χ3n) is 3.54. The van der Waals surface area contributed by atoms with E-state index in [-0.39, 0.29) is 13.2 Å². The number of benzene rings is 1. The number of aromatic nitrogens is 1. The number of hydrogen-bond acceptors (Lipinski definition) is 5. The molecule has 0 saturated heterocycles. The maximum absolute atomic E-state index is 11.8. The number of unbranched alkanes of at least 4 members (excludes halogenated alkanes) is 1. The zero-order valence-electron chi connectivity index (χ0n) is 13.7. The van der Waals surface area contributed by atoms with E-state index in [9.17, 15) is 4.79 Å². The van der Waals surface area contributed by atoms with Gasteiger partial charge >= 0.3 is 6.16 Å². The van der Waals surface area contributed by atoms with Crippen LogP contribution in [0.3, 0.4) is 0 Å². The monoisotopic (exact) mass is 320 g/mol. The molecule has 2 aromatic rings. The number of rotatable bonds is 8. The lowest BCUT2D eigenvalue weighted by molar-refractivity contribution is 0.0961. The Morgan fingerprint density at radius 3 is 2.87 bits per heavy atom. The van der Waals surface area contributed by atoms with Crippen LogP contribution in [0.25, 0.3) is 10.9 Å². The number of carbonyl (C=O) groups excluding carboxylic acids is 1. The molecule has 0 aliphatic carbocycles. The number of hydrogen-bond donors (Lipinski definition) is 2. The molecule has 1 heterocycles. The molecular weight excluding hydrogens is 296 g/mol. The molecule has 1 aromatic carbocycles. The molecule has 0 unspecified atom stereocenters. The number of likely N-dealkylation sites (N-methyl/N-ethyl adjacent to an activating group) is 1. The predicted octanol–water partition coefficient (Wildman–Crippen LogP) is 2.56. The van der Waals surface area contributed by atoms with Crippen LogP contribution in [0.5, 0.6) is 5.75 Å². The van der Waals surface area contributed by atoms with Crippen molar-refractivity contribution in [2.75, 3.05) is 33.9 Å². The lowest BCUT2D eigenvalue weighted by atomic mass is 10.1. The number of fused-ring (bicyclic) bond motifs is 1. The highest BCUT2D eigenvalue weighted by atomic mass is 16.7. The maximum Gasteiger partial charge on any atom is 0.513 e. The van der Waals surface area contributed by atoms with Gasteiger partial charge in [-0.25, -0.2) is 4.79 Å². The van der Waals surface area contributed by atoms with E-state index in [0.29, 0.717) is 18.6 Å². The van der Waals surface area contributed by atoms with E-state index in [1.54, 1.807) is 6.07 Å². The minimum Gasteiger partial charge on any atom is -0.434 e. The molecule has 0 aliphatic rings. The van der Waals surface area contributed by atoms with Gasteiger partial charge in [-0.1, -0.05) is 6.07 Å². The van der Waals surface area contributed by atoms with Crippen LogP contribution in [0.2, 0.25) is 0 Å². The number of ether oxygens (including phenoxy) is 2. The molecule has 0 radical (unpaired) electrons. The highest BCUT2D eigenvalue weighted by Gasteiger charge is 2.13. The predicted molar refractivity (Wildman–Crippen MR) is 88.9 cm³/mol. The Hall–Kier alpha value is -2.05. The molecule has 0 atom stereocenters. The Bertz CT molecular complexity index is 637. The van der Waals surface area contributed by atoms with Crippen LogP contribution >= 0.6 is 0 Å². The van der Waals surface area contributed by atoms with Gasteiger partial charge in [-0.15, -0.1) is 0 Å². The van der Waals surface area contributed by atoms with Crippen LogP contribution in [0.15, 0.2) is 24.4 Å². The Balaban J connectivity index is 2.07. The summed E-state index contributed by atoms with van der Waals surface area (Å²) in [5.41, 5.74) is 2.04. The number of aliphatic hydroxyl groups excluding tert-OH is 1. The zero-order valence-corrected chi connectivity index (χ0v) is 13.7. The molecule has 6 nitrogen and oxygen atoms in total. The van der Waals surface area contributed by atoms with E-state index >= 15 is 0 Å². The molecule has 0 bridgehead atoms. The zero-order chi connectivity index (χ0) is 16.7. The Morgan fingerprint density at radius 2 is 2.13 bits per heavy atom. The third-order valence-corrected chi connectivity index (χ3v) is 3.54. The first kappa shape index (κ1) is 17.3. The first-order chi connectivity index (χ1) is 11.1. The summed E-state index contributed by atoms with van der Waals surface area (Å²) in [5.74, 6) is 0.504. The summed E-state index contributed by atoms with van der Waals surface area (Å²) in [4.78, 5) is 17.1. The Kier molecular flexibility index (Phi) is 6.43. The number of carbonyl (C=O) groups is 1. The highest BCUT2D eigenvalue weighted by Crippen LogP contribution is 2.29. The van der Waals surface area contributed by atoms with Gasteiger partial charge < -0.3 is 24.5 Å². The van der Waals surface area contributed by atoms with E-state index in [1.165, 1.54) is 0 Å². The van der Waals surface area contributed by atoms with Crippen molar-refractivity contribution in [2.45, 2.75) is 19.3 Å². The largest absolute Gasteiger partial charge is 0.513 e. The minimum atomic E-state index is -0.713. The molecule has 2 N–H and O–H groups in total. The summed E-state index contributed by atoms with van der Waals surface area (Å²) in [6, 6.07) is 5.56. The lowest BCUT2D eigenvalue weighted by Gasteiger charge is -2.10. The van der Waals surface area contributed by atoms with Crippen molar-refractivity contribution in [3.8, 4) is 5.75 Å². The van der Waals surface area contributed by atoms with Crippen LogP contribution in [0.1, 0.15) is 18.4 Å². The second kappa shape index (κ2) is 8.55. The van der Waals surface area contributed by atoms with Gasteiger partial charge in [0, 0.05) is 30.3 Å². The van der Waals surface area contributed by atoms with E-state index in [0.717, 1.165) is 29.4 Å². The Labute approximate surface area is 136 Å². The van der Waals surface area contributed by atoms with Crippen molar-refractivity contribution in [2.24, 2.45) is 0 Å². The molecular formula is C17H24N2O4. The van der Waals surface area contributed by atoms with Crippen LogP contribution in [0.4, 0.5) is 4.79 Å². The van der Waals surface area contributed by atoms with Crippen molar-refractivity contribution in [3.63, 3.8) is 0 Å². The fraction of sp³-hybridized carbons (Fsp3) is 0.471. The second-order valence-electron chi connectivity index (χ2n) is 5.68. The van der Waals surface area contributed by atoms with Gasteiger partial charge in [-0.2, -0.15) is 0 Å². The average Bonchev–Trinajstić information content (AvgIpc) is 2.94. The summed E-state index contributed by atoms with van der Waals surface area (Å²) in [7, 11) is 4.05. The quantitative estimate of drug-likeness (QED) is 0.444. The van der Waals surface area contributed by atoms with Crippen molar-refractivity contribution in [1.82, 2.24) is 9.88 Å². The van der Waals surface area contributed by atoms with E-state index in [1.807, 2.05) is 32.4 Å². The van der Waals surface area contributed by atoms with Gasteiger partial charge in [0.15, 0.2) is 0 Å². The molecule has 1 aromatic heterocycles. The van der Waals surface area contributed by atoms with Crippen molar-refractivity contribution in [3.05, 3.63) is 30.0 Å². The highest BCUT2D eigenvalue weighted by molar-refractivity contribution is 5.90. The van der Waals surface area contributed by atoms with Crippen LogP contribution < -0.4 is 4.74 Å². The van der Waals surface area contributed by atoms with Gasteiger partial charge in [0.1, 0.15) is 5.75 Å². The van der Waals surface area contributed by atoms with Crippen LogP contribution in [0, 0.1) is 0 Å². The van der Waals surface area contributed by atoms with E-state index in [2.05, 4.69) is 9.88 Å². The summed E-state index contributed by atoms with van der Waals surface area (Å²) in [6.07, 6.45) is 3.32. The Morgan fingerprint density at radius 1 is 1.30 bits per heavy atom. The first-order valence-corrected chi connectivity index (χ1v) is 7.81. The normalized spacial score (nSPS) is 11.1. The van der Waals surface area contributed by atoms with Crippen LogP contribution in [-0.2, 0) is 11.2 Å². The fourth-order valence-electron chi connectivity index (χ4n) is 2.33. The molecule has 0 fully saturated rings. The molecule has 2 rings (SSSR count). The fourth-order valence-corrected chi connectivity index (χ4v) is 2.33. The molecule has 0 aliphatic heterocycles. The minimum absolute atomic E-state index is 0.0936. The smallest absolute Gasteiger partial charge is 0.434 e. The van der Waals surface area contributed by atoms with Gasteiger partial charge in [-0.3, -0.25) is 0 Å². The second-order valence-corrected chi connectivity index (χ2v) is 5.68. The third kappa shape index (κ3) is 4.97. The summed E-state index contributed by atoms with van der Waals surface area (Å²) in [6.45, 7) is 1.25. The molecule has 0 spiro atoms.